The van der Waals surface area contributed by atoms with Crippen LogP contribution in [-0.4, -0.2) is 72.0 Å². The first kappa shape index (κ1) is 19.4. The third-order valence-corrected chi connectivity index (χ3v) is 5.28. The molecular formula is C17H18ClFN6O4. The molecule has 0 bridgehead atoms. The monoisotopic (exact) mass is 424 g/mol. The Morgan fingerprint density at radius 2 is 2.07 bits per heavy atom. The average Bonchev–Trinajstić information content (AvgIpc) is 3.24. The Balaban J connectivity index is 1.70. The second kappa shape index (κ2) is 7.47. The maximum absolute atomic E-state index is 13.6. The maximum Gasteiger partial charge on any atom is 0.407 e. The van der Waals surface area contributed by atoms with Crippen molar-refractivity contribution in [3.63, 3.8) is 0 Å². The largest absolute Gasteiger partial charge is 0.465 e. The van der Waals surface area contributed by atoms with Crippen LogP contribution in [0.2, 0.25) is 5.02 Å². The second-order valence-corrected chi connectivity index (χ2v) is 7.52. The third-order valence-electron chi connectivity index (χ3n) is 5.07. The topological polar surface area (TPSA) is 114 Å². The molecule has 0 aromatic carbocycles. The second-order valence-electron chi connectivity index (χ2n) is 7.09. The number of hydrogen-bond donors (Lipinski definition) is 1. The Kier molecular flexibility index (Phi) is 4.99. The highest BCUT2D eigenvalue weighted by Crippen LogP contribution is 2.23. The van der Waals surface area contributed by atoms with Crippen molar-refractivity contribution in [3.05, 3.63) is 45.4 Å². The highest BCUT2D eigenvalue weighted by atomic mass is 35.5. The average molecular weight is 425 g/mol. The summed E-state index contributed by atoms with van der Waals surface area (Å²) in [6, 6.07) is 0.552. The van der Waals surface area contributed by atoms with Gasteiger partial charge in [-0.05, 0) is 18.1 Å². The van der Waals surface area contributed by atoms with Gasteiger partial charge in [-0.3, -0.25) is 19.2 Å². The molecule has 1 fully saturated rings. The standard InChI is InChI=1S/C17H18ClFN6O4/c18-11-3-10(4-20-5-11)6-24-16(27)25-13(15(26)22-2-1-12(19)7-22)8-23(17(28)29)9-14(25)21-24/h3-5,12-13H,1-2,6-9H2,(H,28,29)/t12-,13?/m0/s1. The SMILES string of the molecule is O=C(O)N1Cc2nn(Cc3cncc(Cl)c3)c(=O)n2C(C(=O)N2CC[C@H](F)C2)C1. The molecule has 154 valence electrons. The van der Waals surface area contributed by atoms with Gasteiger partial charge in [0.15, 0.2) is 5.82 Å². The number of likely N-dealkylation sites (tertiary alicyclic amines) is 1. The molecule has 0 saturated carbocycles. The summed E-state index contributed by atoms with van der Waals surface area (Å²) in [6.07, 6.45) is 0.880. The Morgan fingerprint density at radius 3 is 2.72 bits per heavy atom. The molecule has 1 saturated heterocycles. The lowest BCUT2D eigenvalue weighted by Gasteiger charge is -2.32. The summed E-state index contributed by atoms with van der Waals surface area (Å²) >= 11 is 5.93. The zero-order chi connectivity index (χ0) is 20.7. The van der Waals surface area contributed by atoms with Crippen LogP contribution in [0.15, 0.2) is 23.3 Å². The highest BCUT2D eigenvalue weighted by molar-refractivity contribution is 6.30. The van der Waals surface area contributed by atoms with Crippen molar-refractivity contribution in [2.75, 3.05) is 19.6 Å². The minimum absolute atomic E-state index is 0.0607. The summed E-state index contributed by atoms with van der Waals surface area (Å²) in [5.74, 6) is -0.323. The first-order valence-corrected chi connectivity index (χ1v) is 9.39. The zero-order valence-electron chi connectivity index (χ0n) is 15.2. The number of carboxylic acid groups (broad SMARTS) is 1. The number of nitrogens with zero attached hydrogens (tertiary/aromatic N) is 6. The number of halogens is 2. The van der Waals surface area contributed by atoms with Crippen molar-refractivity contribution in [2.24, 2.45) is 0 Å². The van der Waals surface area contributed by atoms with E-state index in [0.717, 1.165) is 9.58 Å². The normalized spacial score (nSPS) is 21.3. The number of fused-ring (bicyclic) bond motifs is 1. The Hall–Kier alpha value is -2.95. The van der Waals surface area contributed by atoms with Crippen LogP contribution in [0.5, 0.6) is 0 Å². The van der Waals surface area contributed by atoms with Crippen molar-refractivity contribution >= 4 is 23.6 Å². The zero-order valence-corrected chi connectivity index (χ0v) is 16.0. The molecule has 4 rings (SSSR count). The van der Waals surface area contributed by atoms with E-state index in [1.807, 2.05) is 0 Å². The number of rotatable bonds is 3. The van der Waals surface area contributed by atoms with Crippen molar-refractivity contribution in [1.82, 2.24) is 29.1 Å². The molecular weight excluding hydrogens is 407 g/mol. The number of hydrogen-bond acceptors (Lipinski definition) is 5. The number of carbonyl (C=O) groups is 2. The molecule has 2 aliphatic rings. The van der Waals surface area contributed by atoms with E-state index in [2.05, 4.69) is 10.1 Å². The van der Waals surface area contributed by atoms with E-state index < -0.39 is 29.9 Å². The fourth-order valence-electron chi connectivity index (χ4n) is 3.69. The van der Waals surface area contributed by atoms with Crippen molar-refractivity contribution in [1.29, 1.82) is 0 Å². The predicted molar refractivity (Wildman–Crippen MR) is 98.4 cm³/mol. The van der Waals surface area contributed by atoms with Crippen LogP contribution in [0.25, 0.3) is 0 Å². The Morgan fingerprint density at radius 1 is 1.28 bits per heavy atom. The van der Waals surface area contributed by atoms with E-state index >= 15 is 0 Å². The first-order chi connectivity index (χ1) is 13.8. The van der Waals surface area contributed by atoms with Gasteiger partial charge in [0.1, 0.15) is 12.2 Å². The van der Waals surface area contributed by atoms with Crippen LogP contribution in [0, 0.1) is 0 Å². The van der Waals surface area contributed by atoms with Gasteiger partial charge >= 0.3 is 11.8 Å². The van der Waals surface area contributed by atoms with Gasteiger partial charge in [0.2, 0.25) is 5.91 Å². The van der Waals surface area contributed by atoms with Gasteiger partial charge in [0.25, 0.3) is 0 Å². The number of aromatic nitrogens is 4. The van der Waals surface area contributed by atoms with Crippen molar-refractivity contribution in [2.45, 2.75) is 31.7 Å². The Bertz CT molecular complexity index is 1020. The summed E-state index contributed by atoms with van der Waals surface area (Å²) in [5, 5.41) is 14.0. The lowest BCUT2D eigenvalue weighted by Crippen LogP contribution is -2.50. The third kappa shape index (κ3) is 3.69. The molecule has 2 aromatic rings. The van der Waals surface area contributed by atoms with Gasteiger partial charge < -0.3 is 10.0 Å². The van der Waals surface area contributed by atoms with Gasteiger partial charge in [-0.25, -0.2) is 18.7 Å². The molecule has 1 unspecified atom stereocenters. The minimum atomic E-state index is -1.22. The maximum atomic E-state index is 13.6. The molecule has 2 aliphatic heterocycles. The van der Waals surface area contributed by atoms with Gasteiger partial charge in [0, 0.05) is 18.9 Å². The molecule has 29 heavy (non-hydrogen) atoms. The fraction of sp³-hybridized carbons (Fsp3) is 0.471. The lowest BCUT2D eigenvalue weighted by molar-refractivity contribution is -0.135. The van der Waals surface area contributed by atoms with Gasteiger partial charge in [-0.1, -0.05) is 11.6 Å². The molecule has 0 radical (unpaired) electrons. The molecule has 10 nitrogen and oxygen atoms in total. The van der Waals surface area contributed by atoms with Crippen LogP contribution in [-0.2, 0) is 17.9 Å². The predicted octanol–water partition coefficient (Wildman–Crippen LogP) is 0.747. The smallest absolute Gasteiger partial charge is 0.407 e. The molecule has 12 heteroatoms. The molecule has 2 amide bonds. The molecule has 0 spiro atoms. The number of carbonyl (C=O) groups excluding carboxylic acids is 1. The fourth-order valence-corrected chi connectivity index (χ4v) is 3.89. The molecule has 1 N–H and O–H groups in total. The molecule has 0 aliphatic carbocycles. The van der Waals surface area contributed by atoms with Crippen LogP contribution in [0.1, 0.15) is 23.9 Å². The van der Waals surface area contributed by atoms with E-state index in [1.54, 1.807) is 6.07 Å². The van der Waals surface area contributed by atoms with Gasteiger partial charge in [-0.2, -0.15) is 5.10 Å². The summed E-state index contributed by atoms with van der Waals surface area (Å²) in [4.78, 5) is 43.8. The van der Waals surface area contributed by atoms with Crippen LogP contribution in [0.3, 0.4) is 0 Å². The quantitative estimate of drug-likeness (QED) is 0.777. The van der Waals surface area contributed by atoms with Crippen LogP contribution < -0.4 is 5.69 Å². The highest BCUT2D eigenvalue weighted by Gasteiger charge is 2.39. The summed E-state index contributed by atoms with van der Waals surface area (Å²) in [5.41, 5.74) is 0.0900. The van der Waals surface area contributed by atoms with E-state index in [4.69, 9.17) is 11.6 Å². The van der Waals surface area contributed by atoms with Crippen molar-refractivity contribution < 1.29 is 19.1 Å². The Labute approximate surface area is 169 Å². The number of alkyl halides is 1. The van der Waals surface area contributed by atoms with E-state index in [0.29, 0.717) is 10.6 Å². The van der Waals surface area contributed by atoms with Gasteiger partial charge in [-0.15, -0.1) is 0 Å². The summed E-state index contributed by atoms with van der Waals surface area (Å²) in [7, 11) is 0. The number of amides is 2. The lowest BCUT2D eigenvalue weighted by atomic mass is 10.2. The van der Waals surface area contributed by atoms with Crippen molar-refractivity contribution in [3.8, 4) is 0 Å². The molecule has 4 heterocycles. The van der Waals surface area contributed by atoms with Gasteiger partial charge in [0.05, 0.1) is 31.2 Å². The van der Waals surface area contributed by atoms with E-state index in [-0.39, 0.29) is 45.0 Å². The van der Waals surface area contributed by atoms with Crippen LogP contribution in [0.4, 0.5) is 9.18 Å². The van der Waals surface area contributed by atoms with E-state index in [1.165, 1.54) is 21.9 Å². The van der Waals surface area contributed by atoms with E-state index in [9.17, 15) is 23.9 Å². The minimum Gasteiger partial charge on any atom is -0.465 e. The molecule has 2 aromatic heterocycles. The summed E-state index contributed by atoms with van der Waals surface area (Å²) < 4.78 is 15.9. The molecule has 2 atom stereocenters. The number of pyridine rings is 1. The summed E-state index contributed by atoms with van der Waals surface area (Å²) in [6.45, 7) is -0.0821. The first-order valence-electron chi connectivity index (χ1n) is 9.02. The van der Waals surface area contributed by atoms with Crippen LogP contribution >= 0.6 is 11.6 Å².